The van der Waals surface area contributed by atoms with Crippen LogP contribution in [0.2, 0.25) is 13.7 Å². The fraction of sp³-hybridized carbons (Fsp3) is 0. The summed E-state index contributed by atoms with van der Waals surface area (Å²) >= 11 is 19.4. The zero-order valence-electron chi connectivity index (χ0n) is 8.30. The predicted octanol–water partition coefficient (Wildman–Crippen LogP) is 5.25. The van der Waals surface area contributed by atoms with Gasteiger partial charge in [-0.05, 0) is 18.2 Å². The number of aromatic amines is 1. The predicted molar refractivity (Wildman–Crippen MR) is 74.4 cm³/mol. The minimum Gasteiger partial charge on any atom is -0.338 e. The van der Waals surface area contributed by atoms with Crippen LogP contribution in [0.1, 0.15) is 0 Å². The van der Waals surface area contributed by atoms with E-state index in [0.29, 0.717) is 19.5 Å². The average molecular weight is 304 g/mol. The van der Waals surface area contributed by atoms with Crippen LogP contribution in [-0.2, 0) is 0 Å². The van der Waals surface area contributed by atoms with Crippen LogP contribution in [0.3, 0.4) is 0 Å². The average Bonchev–Trinajstić information content (AvgIpc) is 2.82. The molecule has 0 fully saturated rings. The van der Waals surface area contributed by atoms with E-state index >= 15 is 0 Å². The lowest BCUT2D eigenvalue weighted by Crippen LogP contribution is -1.76. The Morgan fingerprint density at radius 2 is 2.00 bits per heavy atom. The molecule has 0 saturated carbocycles. The molecule has 0 aliphatic carbocycles. The fourth-order valence-corrected chi connectivity index (χ4v) is 3.31. The summed E-state index contributed by atoms with van der Waals surface area (Å²) in [6, 6.07) is 7.38. The standard InChI is InChI=1S/C11H5Cl3N2S/c12-6-2-1-3-7-9(6)16-11(15-7)5-4-8(13)17-10(5)14/h1-4H,(H,15,16). The highest BCUT2D eigenvalue weighted by molar-refractivity contribution is 7.20. The lowest BCUT2D eigenvalue weighted by atomic mass is 10.3. The van der Waals surface area contributed by atoms with Gasteiger partial charge in [0.05, 0.1) is 14.9 Å². The minimum absolute atomic E-state index is 0.613. The molecular formula is C11H5Cl3N2S. The van der Waals surface area contributed by atoms with Crippen molar-refractivity contribution in [3.05, 3.63) is 38.0 Å². The van der Waals surface area contributed by atoms with Crippen molar-refractivity contribution >= 4 is 57.2 Å². The summed E-state index contributed by atoms with van der Waals surface area (Å²) in [5, 5.41) is 0.613. The van der Waals surface area contributed by atoms with Crippen LogP contribution < -0.4 is 0 Å². The first kappa shape index (κ1) is 11.4. The molecule has 86 valence electrons. The number of halogens is 3. The molecule has 2 nitrogen and oxygen atoms in total. The Morgan fingerprint density at radius 3 is 2.65 bits per heavy atom. The third kappa shape index (κ3) is 1.93. The Kier molecular flexibility index (Phi) is 2.79. The van der Waals surface area contributed by atoms with E-state index in [2.05, 4.69) is 9.97 Å². The number of thiophene rings is 1. The molecule has 0 bridgehead atoms. The molecular weight excluding hydrogens is 299 g/mol. The van der Waals surface area contributed by atoms with Gasteiger partial charge in [-0.2, -0.15) is 0 Å². The van der Waals surface area contributed by atoms with Gasteiger partial charge in [-0.3, -0.25) is 0 Å². The van der Waals surface area contributed by atoms with Crippen LogP contribution in [0.4, 0.5) is 0 Å². The Morgan fingerprint density at radius 1 is 1.18 bits per heavy atom. The van der Waals surface area contributed by atoms with E-state index in [1.807, 2.05) is 12.1 Å². The molecule has 2 aromatic heterocycles. The van der Waals surface area contributed by atoms with Crippen molar-refractivity contribution in [1.82, 2.24) is 9.97 Å². The van der Waals surface area contributed by atoms with Crippen molar-refractivity contribution in [2.45, 2.75) is 0 Å². The molecule has 3 rings (SSSR count). The molecule has 2 heterocycles. The topological polar surface area (TPSA) is 28.7 Å². The summed E-state index contributed by atoms with van der Waals surface area (Å²) in [5.41, 5.74) is 2.42. The molecule has 0 aliphatic heterocycles. The van der Waals surface area contributed by atoms with E-state index < -0.39 is 0 Å². The highest BCUT2D eigenvalue weighted by Gasteiger charge is 2.13. The second-order valence-corrected chi connectivity index (χ2v) is 6.15. The molecule has 0 saturated heterocycles. The van der Waals surface area contributed by atoms with E-state index in [1.165, 1.54) is 11.3 Å². The van der Waals surface area contributed by atoms with Gasteiger partial charge in [0.1, 0.15) is 15.7 Å². The first-order valence-corrected chi connectivity index (χ1v) is 6.69. The van der Waals surface area contributed by atoms with Gasteiger partial charge < -0.3 is 4.98 Å². The van der Waals surface area contributed by atoms with Crippen LogP contribution in [0, 0.1) is 0 Å². The maximum absolute atomic E-state index is 6.09. The number of rotatable bonds is 1. The number of nitrogens with zero attached hydrogens (tertiary/aromatic N) is 1. The molecule has 0 atom stereocenters. The van der Waals surface area contributed by atoms with Gasteiger partial charge in [0.25, 0.3) is 0 Å². The lowest BCUT2D eigenvalue weighted by Gasteiger charge is -1.90. The molecule has 17 heavy (non-hydrogen) atoms. The third-order valence-corrected chi connectivity index (χ3v) is 4.17. The van der Waals surface area contributed by atoms with Gasteiger partial charge in [0.15, 0.2) is 0 Å². The van der Waals surface area contributed by atoms with Crippen molar-refractivity contribution in [2.24, 2.45) is 0 Å². The largest absolute Gasteiger partial charge is 0.338 e. The highest BCUT2D eigenvalue weighted by atomic mass is 35.5. The number of H-pyrrole nitrogens is 1. The molecule has 0 amide bonds. The summed E-state index contributed by atoms with van der Waals surface area (Å²) in [6.07, 6.45) is 0. The minimum atomic E-state index is 0.613. The summed E-state index contributed by atoms with van der Waals surface area (Å²) < 4.78 is 1.25. The van der Waals surface area contributed by atoms with Crippen LogP contribution >= 0.6 is 46.1 Å². The van der Waals surface area contributed by atoms with Gasteiger partial charge in [-0.25, -0.2) is 4.98 Å². The van der Waals surface area contributed by atoms with Gasteiger partial charge in [-0.15, -0.1) is 11.3 Å². The SMILES string of the molecule is Clc1cc(-c2nc3c(Cl)cccc3[nH]2)c(Cl)s1. The van der Waals surface area contributed by atoms with E-state index in [1.54, 1.807) is 12.1 Å². The molecule has 3 aromatic rings. The van der Waals surface area contributed by atoms with Crippen molar-refractivity contribution in [1.29, 1.82) is 0 Å². The zero-order valence-corrected chi connectivity index (χ0v) is 11.4. The van der Waals surface area contributed by atoms with E-state index in [0.717, 1.165) is 16.6 Å². The van der Waals surface area contributed by atoms with Gasteiger partial charge in [0, 0.05) is 5.56 Å². The molecule has 1 aromatic carbocycles. The van der Waals surface area contributed by atoms with Gasteiger partial charge in [-0.1, -0.05) is 40.9 Å². The Balaban J connectivity index is 2.25. The summed E-state index contributed by atoms with van der Waals surface area (Å²) in [7, 11) is 0. The second kappa shape index (κ2) is 4.18. The maximum Gasteiger partial charge on any atom is 0.140 e. The van der Waals surface area contributed by atoms with Crippen molar-refractivity contribution in [3.8, 4) is 11.4 Å². The summed E-state index contributed by atoms with van der Waals surface area (Å²) in [6.45, 7) is 0. The number of para-hydroxylation sites is 1. The van der Waals surface area contributed by atoms with Crippen LogP contribution in [0.25, 0.3) is 22.4 Å². The van der Waals surface area contributed by atoms with E-state index in [4.69, 9.17) is 34.8 Å². The number of benzene rings is 1. The van der Waals surface area contributed by atoms with E-state index in [9.17, 15) is 0 Å². The quantitative estimate of drug-likeness (QED) is 0.653. The number of nitrogens with one attached hydrogen (secondary N) is 1. The van der Waals surface area contributed by atoms with Crippen LogP contribution in [0.15, 0.2) is 24.3 Å². The first-order chi connectivity index (χ1) is 8.15. The molecule has 1 N–H and O–H groups in total. The van der Waals surface area contributed by atoms with Crippen molar-refractivity contribution < 1.29 is 0 Å². The van der Waals surface area contributed by atoms with E-state index in [-0.39, 0.29) is 0 Å². The number of hydrogen-bond acceptors (Lipinski definition) is 2. The highest BCUT2D eigenvalue weighted by Crippen LogP contribution is 2.38. The van der Waals surface area contributed by atoms with Crippen LogP contribution in [0.5, 0.6) is 0 Å². The monoisotopic (exact) mass is 302 g/mol. The molecule has 6 heteroatoms. The van der Waals surface area contributed by atoms with Gasteiger partial charge >= 0.3 is 0 Å². The smallest absolute Gasteiger partial charge is 0.140 e. The van der Waals surface area contributed by atoms with Crippen molar-refractivity contribution in [2.75, 3.05) is 0 Å². The van der Waals surface area contributed by atoms with Gasteiger partial charge in [0.2, 0.25) is 0 Å². The summed E-state index contributed by atoms with van der Waals surface area (Å²) in [4.78, 5) is 7.61. The normalized spacial score (nSPS) is 11.2. The molecule has 0 unspecified atom stereocenters. The Bertz CT molecular complexity index is 702. The van der Waals surface area contributed by atoms with Crippen molar-refractivity contribution in [3.63, 3.8) is 0 Å². The molecule has 0 radical (unpaired) electrons. The number of aromatic nitrogens is 2. The number of imidazole rings is 1. The van der Waals surface area contributed by atoms with Crippen LogP contribution in [-0.4, -0.2) is 9.97 Å². The Labute approximate surface area is 116 Å². The lowest BCUT2D eigenvalue weighted by molar-refractivity contribution is 1.35. The number of fused-ring (bicyclic) bond motifs is 1. The second-order valence-electron chi connectivity index (χ2n) is 3.46. The Hall–Kier alpha value is -0.740. The summed E-state index contributed by atoms with van der Waals surface area (Å²) in [5.74, 6) is 0.682. The maximum atomic E-state index is 6.09. The first-order valence-electron chi connectivity index (χ1n) is 4.74. The molecule has 0 aliphatic rings. The third-order valence-electron chi connectivity index (χ3n) is 2.38. The zero-order chi connectivity index (χ0) is 12.0. The fourth-order valence-electron chi connectivity index (χ4n) is 1.63. The number of hydrogen-bond donors (Lipinski definition) is 1. The molecule has 0 spiro atoms.